The Kier molecular flexibility index (Phi) is 4.36. The second-order valence-electron chi connectivity index (χ2n) is 5.01. The Balaban J connectivity index is 2.28. The number of amides is 1. The van der Waals surface area contributed by atoms with Crippen LogP contribution in [-0.2, 0) is 6.42 Å². The van der Waals surface area contributed by atoms with Crippen molar-refractivity contribution >= 4 is 11.7 Å². The minimum atomic E-state index is -4.41. The molecule has 0 bridgehead atoms. The van der Waals surface area contributed by atoms with Crippen LogP contribution in [0.3, 0.4) is 0 Å². The minimum absolute atomic E-state index is 0.172. The van der Waals surface area contributed by atoms with Crippen molar-refractivity contribution in [2.75, 3.05) is 12.0 Å². The molecule has 0 radical (unpaired) electrons. The van der Waals surface area contributed by atoms with Gasteiger partial charge in [0.25, 0.3) is 5.91 Å². The van der Waals surface area contributed by atoms with E-state index in [4.69, 9.17) is 5.84 Å². The van der Waals surface area contributed by atoms with E-state index >= 15 is 0 Å². The molecule has 3 N–H and O–H groups in total. The number of nitrogens with zero attached hydrogens (tertiary/aromatic N) is 2. The van der Waals surface area contributed by atoms with E-state index in [1.165, 1.54) is 12.1 Å². The lowest BCUT2D eigenvalue weighted by Gasteiger charge is -2.24. The zero-order valence-corrected chi connectivity index (χ0v) is 11.6. The van der Waals surface area contributed by atoms with Gasteiger partial charge < -0.3 is 10.3 Å². The first-order valence-corrected chi connectivity index (χ1v) is 6.69. The fraction of sp³-hybridized carbons (Fsp3) is 0.538. The summed E-state index contributed by atoms with van der Waals surface area (Å²) in [6, 6.07) is 2.55. The summed E-state index contributed by atoms with van der Waals surface area (Å²) >= 11 is 0. The average Bonchev–Trinajstić information content (AvgIpc) is 3.27. The Morgan fingerprint density at radius 3 is 2.62 bits per heavy atom. The highest BCUT2D eigenvalue weighted by atomic mass is 19.4. The molecule has 2 rings (SSSR count). The van der Waals surface area contributed by atoms with E-state index in [0.717, 1.165) is 4.90 Å². The molecule has 0 unspecified atom stereocenters. The molecule has 21 heavy (non-hydrogen) atoms. The number of alkyl halides is 3. The lowest BCUT2D eigenvalue weighted by Crippen LogP contribution is -2.40. The van der Waals surface area contributed by atoms with Gasteiger partial charge in [0, 0.05) is 17.3 Å². The molecule has 1 heterocycles. The van der Waals surface area contributed by atoms with E-state index in [0.29, 0.717) is 25.0 Å². The van der Waals surface area contributed by atoms with Crippen LogP contribution >= 0.6 is 0 Å². The van der Waals surface area contributed by atoms with Crippen molar-refractivity contribution in [2.45, 2.75) is 38.4 Å². The lowest BCUT2D eigenvalue weighted by molar-refractivity contribution is -0.141. The van der Waals surface area contributed by atoms with Gasteiger partial charge in [-0.05, 0) is 31.4 Å². The minimum Gasteiger partial charge on any atom is -0.327 e. The van der Waals surface area contributed by atoms with Crippen LogP contribution in [0, 0.1) is 0 Å². The Morgan fingerprint density at radius 1 is 1.48 bits per heavy atom. The number of hydrogen-bond donors (Lipinski definition) is 2. The SMILES string of the molecule is CCc1cc(C(=O)N(CC(F)(F)F)C2CC2)cc(NN)n1. The third-order valence-electron chi connectivity index (χ3n) is 3.23. The first kappa shape index (κ1) is 15.6. The number of nitrogens with two attached hydrogens (primary N) is 1. The number of hydrazine groups is 1. The molecule has 1 saturated carbocycles. The third kappa shape index (κ3) is 4.07. The highest BCUT2D eigenvalue weighted by Gasteiger charge is 2.41. The molecule has 1 aromatic rings. The van der Waals surface area contributed by atoms with E-state index in [2.05, 4.69) is 10.4 Å². The number of halogens is 3. The van der Waals surface area contributed by atoms with Crippen LogP contribution in [0.5, 0.6) is 0 Å². The molecule has 1 amide bonds. The van der Waals surface area contributed by atoms with E-state index in [9.17, 15) is 18.0 Å². The number of nitrogen functional groups attached to an aromatic ring is 1. The van der Waals surface area contributed by atoms with E-state index in [1.807, 2.05) is 6.92 Å². The van der Waals surface area contributed by atoms with Crippen molar-refractivity contribution in [3.05, 3.63) is 23.4 Å². The van der Waals surface area contributed by atoms with Gasteiger partial charge in [0.05, 0.1) is 0 Å². The number of pyridine rings is 1. The van der Waals surface area contributed by atoms with Gasteiger partial charge in [-0.1, -0.05) is 6.92 Å². The van der Waals surface area contributed by atoms with E-state index < -0.39 is 18.6 Å². The van der Waals surface area contributed by atoms with E-state index in [-0.39, 0.29) is 17.4 Å². The molecule has 1 aromatic heterocycles. The molecular formula is C13H17F3N4O. The van der Waals surface area contributed by atoms with Gasteiger partial charge in [0.2, 0.25) is 0 Å². The van der Waals surface area contributed by atoms with Crippen molar-refractivity contribution in [1.82, 2.24) is 9.88 Å². The number of carbonyl (C=O) groups excluding carboxylic acids is 1. The first-order valence-electron chi connectivity index (χ1n) is 6.69. The quantitative estimate of drug-likeness (QED) is 0.645. The summed E-state index contributed by atoms with van der Waals surface area (Å²) in [7, 11) is 0. The van der Waals surface area contributed by atoms with Gasteiger partial charge in [-0.15, -0.1) is 0 Å². The summed E-state index contributed by atoms with van der Waals surface area (Å²) in [6.45, 7) is 0.608. The first-order chi connectivity index (χ1) is 9.84. The van der Waals surface area contributed by atoms with Crippen LogP contribution < -0.4 is 11.3 Å². The Bertz CT molecular complexity index is 506. The zero-order valence-electron chi connectivity index (χ0n) is 11.6. The van der Waals surface area contributed by atoms with Crippen molar-refractivity contribution in [2.24, 2.45) is 5.84 Å². The molecule has 5 nitrogen and oxygen atoms in total. The number of aromatic nitrogens is 1. The number of carbonyl (C=O) groups is 1. The van der Waals surface area contributed by atoms with Crippen LogP contribution in [0.4, 0.5) is 19.0 Å². The normalized spacial score (nSPS) is 14.9. The summed E-state index contributed by atoms with van der Waals surface area (Å²) < 4.78 is 37.9. The average molecular weight is 302 g/mol. The summed E-state index contributed by atoms with van der Waals surface area (Å²) in [4.78, 5) is 17.4. The molecule has 0 aliphatic heterocycles. The van der Waals surface area contributed by atoms with E-state index in [1.54, 1.807) is 0 Å². The van der Waals surface area contributed by atoms with Crippen LogP contribution in [-0.4, -0.2) is 34.6 Å². The maximum absolute atomic E-state index is 12.6. The summed E-state index contributed by atoms with van der Waals surface area (Å²) in [5.41, 5.74) is 3.09. The fourth-order valence-corrected chi connectivity index (χ4v) is 2.08. The number of anilines is 1. The van der Waals surface area contributed by atoms with Crippen LogP contribution in [0.25, 0.3) is 0 Å². The van der Waals surface area contributed by atoms with Crippen molar-refractivity contribution in [3.63, 3.8) is 0 Å². The van der Waals surface area contributed by atoms with Crippen molar-refractivity contribution in [3.8, 4) is 0 Å². The van der Waals surface area contributed by atoms with Crippen molar-refractivity contribution < 1.29 is 18.0 Å². The standard InChI is InChI=1S/C13H17F3N4O/c1-2-9-5-8(6-11(18-9)19-17)12(21)20(10-3-4-10)7-13(14,15)16/h5-6,10H,2-4,7,17H2,1H3,(H,18,19). The lowest BCUT2D eigenvalue weighted by atomic mass is 10.1. The summed E-state index contributed by atoms with van der Waals surface area (Å²) in [5.74, 6) is 4.90. The molecular weight excluding hydrogens is 285 g/mol. The largest absolute Gasteiger partial charge is 0.406 e. The van der Waals surface area contributed by atoms with Crippen LogP contribution in [0.2, 0.25) is 0 Å². The second kappa shape index (κ2) is 5.88. The maximum Gasteiger partial charge on any atom is 0.406 e. The molecule has 0 aromatic carbocycles. The van der Waals surface area contributed by atoms with Crippen LogP contribution in [0.15, 0.2) is 12.1 Å². The van der Waals surface area contributed by atoms with Crippen LogP contribution in [0.1, 0.15) is 35.8 Å². The molecule has 1 aliphatic rings. The Labute approximate surface area is 120 Å². The monoisotopic (exact) mass is 302 g/mol. The Morgan fingerprint density at radius 2 is 2.14 bits per heavy atom. The molecule has 8 heteroatoms. The topological polar surface area (TPSA) is 71.2 Å². The van der Waals surface area contributed by atoms with Gasteiger partial charge >= 0.3 is 6.18 Å². The zero-order chi connectivity index (χ0) is 15.6. The van der Waals surface area contributed by atoms with Crippen molar-refractivity contribution in [1.29, 1.82) is 0 Å². The molecule has 0 spiro atoms. The predicted octanol–water partition coefficient (Wildman–Crippen LogP) is 2.10. The van der Waals surface area contributed by atoms with Gasteiger partial charge in [-0.2, -0.15) is 13.2 Å². The molecule has 1 aliphatic carbocycles. The number of hydrogen-bond acceptors (Lipinski definition) is 4. The summed E-state index contributed by atoms with van der Waals surface area (Å²) in [6.07, 6.45) is -2.64. The maximum atomic E-state index is 12.6. The van der Waals surface area contributed by atoms with Gasteiger partial charge in [-0.25, -0.2) is 10.8 Å². The number of aryl methyl sites for hydroxylation is 1. The molecule has 116 valence electrons. The van der Waals surface area contributed by atoms with Gasteiger partial charge in [0.15, 0.2) is 0 Å². The Hall–Kier alpha value is -1.83. The third-order valence-corrected chi connectivity index (χ3v) is 3.23. The van der Waals surface area contributed by atoms with Gasteiger partial charge in [-0.3, -0.25) is 4.79 Å². The van der Waals surface area contributed by atoms with Gasteiger partial charge in [0.1, 0.15) is 12.4 Å². The number of nitrogens with one attached hydrogen (secondary N) is 1. The number of rotatable bonds is 5. The smallest absolute Gasteiger partial charge is 0.327 e. The highest BCUT2D eigenvalue weighted by molar-refractivity contribution is 5.95. The molecule has 0 saturated heterocycles. The molecule has 1 fully saturated rings. The molecule has 0 atom stereocenters. The summed E-state index contributed by atoms with van der Waals surface area (Å²) in [5, 5.41) is 0. The highest BCUT2D eigenvalue weighted by Crippen LogP contribution is 2.31. The fourth-order valence-electron chi connectivity index (χ4n) is 2.08. The second-order valence-corrected chi connectivity index (χ2v) is 5.01. The predicted molar refractivity (Wildman–Crippen MR) is 71.5 cm³/mol.